The molecule has 0 saturated carbocycles. The average molecular weight is 229 g/mol. The van der Waals surface area contributed by atoms with E-state index >= 15 is 0 Å². The van der Waals surface area contributed by atoms with Gasteiger partial charge in [0.1, 0.15) is 13.2 Å². The molecule has 0 radical (unpaired) electrons. The first-order valence-electron chi connectivity index (χ1n) is 5.02. The third kappa shape index (κ3) is 4.16. The molecule has 1 fully saturated rings. The summed E-state index contributed by atoms with van der Waals surface area (Å²) in [7, 11) is 0. The maximum absolute atomic E-state index is 11.3. The van der Waals surface area contributed by atoms with Crippen molar-refractivity contribution >= 4 is 17.9 Å². The Morgan fingerprint density at radius 2 is 2.06 bits per heavy atom. The summed E-state index contributed by atoms with van der Waals surface area (Å²) in [6.07, 6.45) is -0.461. The van der Waals surface area contributed by atoms with Gasteiger partial charge in [-0.2, -0.15) is 0 Å². The van der Waals surface area contributed by atoms with Gasteiger partial charge < -0.3 is 15.4 Å². The highest BCUT2D eigenvalue weighted by Gasteiger charge is 2.23. The number of hydrogen-bond acceptors (Lipinski definition) is 4. The number of nitrogens with one attached hydrogen (secondary N) is 2. The fourth-order valence-corrected chi connectivity index (χ4v) is 1.24. The van der Waals surface area contributed by atoms with Crippen LogP contribution in [0.3, 0.4) is 0 Å². The molecule has 16 heavy (non-hydrogen) atoms. The van der Waals surface area contributed by atoms with Gasteiger partial charge >= 0.3 is 6.09 Å². The van der Waals surface area contributed by atoms with Gasteiger partial charge in [-0.25, -0.2) is 4.79 Å². The van der Waals surface area contributed by atoms with Crippen LogP contribution >= 0.6 is 0 Å². The van der Waals surface area contributed by atoms with Crippen molar-refractivity contribution < 1.29 is 19.1 Å². The summed E-state index contributed by atoms with van der Waals surface area (Å²) in [5.74, 6) is -0.401. The van der Waals surface area contributed by atoms with Gasteiger partial charge in [0.15, 0.2) is 0 Å². The van der Waals surface area contributed by atoms with Gasteiger partial charge in [0.05, 0.1) is 6.54 Å². The van der Waals surface area contributed by atoms with E-state index in [1.54, 1.807) is 0 Å². The van der Waals surface area contributed by atoms with E-state index in [0.29, 0.717) is 26.2 Å². The van der Waals surface area contributed by atoms with Crippen LogP contribution < -0.4 is 10.6 Å². The first kappa shape index (κ1) is 12.3. The van der Waals surface area contributed by atoms with Crippen molar-refractivity contribution in [2.24, 2.45) is 0 Å². The summed E-state index contributed by atoms with van der Waals surface area (Å²) < 4.78 is 4.67. The van der Waals surface area contributed by atoms with Gasteiger partial charge in [-0.3, -0.25) is 14.5 Å². The normalized spacial score (nSPS) is 14.6. The van der Waals surface area contributed by atoms with E-state index in [-0.39, 0.29) is 18.4 Å². The number of carbonyl (C=O) groups is 3. The van der Waals surface area contributed by atoms with E-state index in [1.165, 1.54) is 11.8 Å². The third-order valence-corrected chi connectivity index (χ3v) is 2.00. The van der Waals surface area contributed by atoms with E-state index in [2.05, 4.69) is 15.4 Å². The third-order valence-electron chi connectivity index (χ3n) is 2.00. The van der Waals surface area contributed by atoms with Gasteiger partial charge in [0.25, 0.3) is 0 Å². The fourth-order valence-electron chi connectivity index (χ4n) is 1.24. The lowest BCUT2D eigenvalue weighted by Crippen LogP contribution is -2.40. The Morgan fingerprint density at radius 1 is 1.38 bits per heavy atom. The lowest BCUT2D eigenvalue weighted by molar-refractivity contribution is -0.122. The molecule has 1 rings (SSSR count). The standard InChI is InChI=1S/C9H15N3O4/c1-7(13)10-2-3-11-8(14)6-12-4-5-16-9(12)15/h2-6H2,1H3,(H,10,13)(H,11,14). The summed E-state index contributed by atoms with van der Waals surface area (Å²) >= 11 is 0. The van der Waals surface area contributed by atoms with Crippen LogP contribution in [0, 0.1) is 0 Å². The fraction of sp³-hybridized carbons (Fsp3) is 0.667. The minimum absolute atomic E-state index is 0.00109. The van der Waals surface area contributed by atoms with Crippen molar-refractivity contribution in [2.75, 3.05) is 32.8 Å². The number of amides is 3. The molecule has 3 amide bonds. The molecule has 90 valence electrons. The van der Waals surface area contributed by atoms with Gasteiger partial charge in [0, 0.05) is 20.0 Å². The Balaban J connectivity index is 2.11. The lowest BCUT2D eigenvalue weighted by Gasteiger charge is -2.12. The average Bonchev–Trinajstić information content (AvgIpc) is 2.59. The maximum atomic E-state index is 11.3. The zero-order valence-electron chi connectivity index (χ0n) is 9.12. The molecule has 0 aromatic rings. The molecule has 0 atom stereocenters. The highest BCUT2D eigenvalue weighted by molar-refractivity contribution is 5.82. The predicted molar refractivity (Wildman–Crippen MR) is 54.6 cm³/mol. The molecule has 1 aliphatic heterocycles. The topological polar surface area (TPSA) is 87.7 Å². The molecular weight excluding hydrogens is 214 g/mol. The van der Waals surface area contributed by atoms with Crippen LogP contribution in [-0.4, -0.2) is 55.6 Å². The van der Waals surface area contributed by atoms with Crippen molar-refractivity contribution in [3.05, 3.63) is 0 Å². The van der Waals surface area contributed by atoms with E-state index in [4.69, 9.17) is 0 Å². The van der Waals surface area contributed by atoms with Crippen LogP contribution in [0.15, 0.2) is 0 Å². The van der Waals surface area contributed by atoms with Crippen LogP contribution in [0.2, 0.25) is 0 Å². The second-order valence-electron chi connectivity index (χ2n) is 3.37. The number of carbonyl (C=O) groups excluding carboxylic acids is 3. The SMILES string of the molecule is CC(=O)NCCNC(=O)CN1CCOC1=O. The number of rotatable bonds is 5. The van der Waals surface area contributed by atoms with Crippen molar-refractivity contribution in [3.8, 4) is 0 Å². The molecule has 1 heterocycles. The van der Waals surface area contributed by atoms with Crippen molar-refractivity contribution in [2.45, 2.75) is 6.92 Å². The largest absolute Gasteiger partial charge is 0.448 e. The molecule has 0 aromatic carbocycles. The Morgan fingerprint density at radius 3 is 2.62 bits per heavy atom. The Bertz CT molecular complexity index is 292. The van der Waals surface area contributed by atoms with Gasteiger partial charge in [-0.05, 0) is 0 Å². The monoisotopic (exact) mass is 229 g/mol. The van der Waals surface area contributed by atoms with Crippen LogP contribution in [0.25, 0.3) is 0 Å². The number of cyclic esters (lactones) is 1. The number of ether oxygens (including phenoxy) is 1. The molecule has 0 aromatic heterocycles. The molecular formula is C9H15N3O4. The van der Waals surface area contributed by atoms with Crippen molar-refractivity contribution in [1.82, 2.24) is 15.5 Å². The van der Waals surface area contributed by atoms with Gasteiger partial charge in [-0.1, -0.05) is 0 Å². The summed E-state index contributed by atoms with van der Waals surface area (Å²) in [4.78, 5) is 34.2. The minimum atomic E-state index is -0.461. The molecule has 7 heteroatoms. The molecule has 0 aliphatic carbocycles. The van der Waals surface area contributed by atoms with Crippen LogP contribution in [0.5, 0.6) is 0 Å². The zero-order chi connectivity index (χ0) is 12.0. The molecule has 1 saturated heterocycles. The molecule has 2 N–H and O–H groups in total. The molecule has 0 spiro atoms. The summed E-state index contributed by atoms with van der Waals surface area (Å²) in [5.41, 5.74) is 0. The van der Waals surface area contributed by atoms with Crippen molar-refractivity contribution in [3.63, 3.8) is 0 Å². The molecule has 0 unspecified atom stereocenters. The predicted octanol–water partition coefficient (Wildman–Crippen LogP) is -1.31. The summed E-state index contributed by atoms with van der Waals surface area (Å²) in [6.45, 7) is 2.91. The summed E-state index contributed by atoms with van der Waals surface area (Å²) in [6, 6.07) is 0. The van der Waals surface area contributed by atoms with Gasteiger partial charge in [-0.15, -0.1) is 0 Å². The number of nitrogens with zero attached hydrogens (tertiary/aromatic N) is 1. The Labute approximate surface area is 93.1 Å². The van der Waals surface area contributed by atoms with Gasteiger partial charge in [0.2, 0.25) is 11.8 Å². The molecule has 1 aliphatic rings. The first-order chi connectivity index (χ1) is 7.59. The Kier molecular flexibility index (Phi) is 4.56. The van der Waals surface area contributed by atoms with E-state index in [1.807, 2.05) is 0 Å². The van der Waals surface area contributed by atoms with Crippen molar-refractivity contribution in [1.29, 1.82) is 0 Å². The first-order valence-corrected chi connectivity index (χ1v) is 5.02. The highest BCUT2D eigenvalue weighted by Crippen LogP contribution is 2.01. The van der Waals surface area contributed by atoms with Crippen LogP contribution in [0.4, 0.5) is 4.79 Å². The smallest absolute Gasteiger partial charge is 0.410 e. The second kappa shape index (κ2) is 5.94. The minimum Gasteiger partial charge on any atom is -0.448 e. The van der Waals surface area contributed by atoms with E-state index in [9.17, 15) is 14.4 Å². The van der Waals surface area contributed by atoms with Crippen LogP contribution in [0.1, 0.15) is 6.92 Å². The number of hydrogen-bond donors (Lipinski definition) is 2. The van der Waals surface area contributed by atoms with E-state index < -0.39 is 6.09 Å². The zero-order valence-corrected chi connectivity index (χ0v) is 9.12. The quantitative estimate of drug-likeness (QED) is 0.573. The Hall–Kier alpha value is -1.79. The maximum Gasteiger partial charge on any atom is 0.410 e. The highest BCUT2D eigenvalue weighted by atomic mass is 16.6. The molecule has 0 bridgehead atoms. The summed E-state index contributed by atoms with van der Waals surface area (Å²) in [5, 5.41) is 5.13. The molecule has 7 nitrogen and oxygen atoms in total. The second-order valence-corrected chi connectivity index (χ2v) is 3.37. The van der Waals surface area contributed by atoms with E-state index in [0.717, 1.165) is 0 Å². The lowest BCUT2D eigenvalue weighted by atomic mass is 10.4. The van der Waals surface area contributed by atoms with Crippen LogP contribution in [-0.2, 0) is 14.3 Å².